The minimum atomic E-state index is 0.451. The Balaban J connectivity index is 1.10. The van der Waals surface area contributed by atoms with Crippen molar-refractivity contribution in [3.8, 4) is 103 Å². The number of aromatic nitrogens is 10. The van der Waals surface area contributed by atoms with E-state index in [1.807, 2.05) is 121 Å². The molecule has 0 saturated carbocycles. The highest BCUT2D eigenvalue weighted by molar-refractivity contribution is 6.06. The van der Waals surface area contributed by atoms with E-state index in [4.69, 9.17) is 29.9 Å². The molecule has 0 bridgehead atoms. The SMILES string of the molecule is N#Cc1c(-c2ccc(-c3nc(-c4ccncc4)nc(-c4ccncc4)n3)cc2)c(-c2ccc(-c3nc(-c4ccncc4)nc(-c4cccnc4)n3)cc2)c(C#N)c2ccccc12. The average molecular weight is 797 g/mol. The van der Waals surface area contributed by atoms with E-state index in [1.54, 1.807) is 49.6 Å². The number of benzene rings is 4. The van der Waals surface area contributed by atoms with Gasteiger partial charge in [-0.15, -0.1) is 0 Å². The summed E-state index contributed by atoms with van der Waals surface area (Å²) in [5.41, 5.74) is 8.24. The first kappa shape index (κ1) is 37.0. The second-order valence-electron chi connectivity index (χ2n) is 14.0. The standard InChI is InChI=1S/C50H28N12/c51-28-41-39-5-1-2-6-40(39)42(29-52)44(32-9-13-34(14-10-32)46-59-49(37-19-26-55-27-20-37)62-50(61-46)38-4-3-21-56-30-38)43(41)31-7-11-33(12-8-31)45-57-47(35-15-22-53-23-16-35)60-48(58-45)36-17-24-54-25-18-36/h1-27,30H. The number of nitrogens with zero attached hydrogens (tertiary/aromatic N) is 12. The van der Waals surface area contributed by atoms with Crippen LogP contribution in [0.1, 0.15) is 11.1 Å². The van der Waals surface area contributed by atoms with Crippen molar-refractivity contribution in [3.05, 3.63) is 182 Å². The van der Waals surface area contributed by atoms with Crippen molar-refractivity contribution >= 4 is 10.8 Å². The highest BCUT2D eigenvalue weighted by atomic mass is 15.0. The largest absolute Gasteiger partial charge is 0.265 e. The number of rotatable bonds is 8. The topological polar surface area (TPSA) is 176 Å². The molecule has 4 aromatic carbocycles. The third-order valence-corrected chi connectivity index (χ3v) is 10.3. The summed E-state index contributed by atoms with van der Waals surface area (Å²) < 4.78 is 0. The van der Waals surface area contributed by atoms with E-state index in [9.17, 15) is 10.5 Å². The van der Waals surface area contributed by atoms with Gasteiger partial charge in [0.1, 0.15) is 12.1 Å². The predicted molar refractivity (Wildman–Crippen MR) is 235 cm³/mol. The van der Waals surface area contributed by atoms with Gasteiger partial charge in [-0.3, -0.25) is 19.9 Å². The summed E-state index contributed by atoms with van der Waals surface area (Å²) >= 11 is 0. The van der Waals surface area contributed by atoms with E-state index in [2.05, 4.69) is 32.1 Å². The molecule has 0 atom stereocenters. The number of fused-ring (bicyclic) bond motifs is 1. The minimum Gasteiger partial charge on any atom is -0.265 e. The first-order chi connectivity index (χ1) is 30.6. The van der Waals surface area contributed by atoms with E-state index in [0.29, 0.717) is 68.0 Å². The minimum absolute atomic E-state index is 0.451. The molecule has 6 heterocycles. The molecule has 0 saturated heterocycles. The van der Waals surface area contributed by atoms with Crippen LogP contribution in [0.15, 0.2) is 171 Å². The Kier molecular flexibility index (Phi) is 9.66. The molecule has 0 aliphatic heterocycles. The van der Waals surface area contributed by atoms with E-state index >= 15 is 0 Å². The van der Waals surface area contributed by atoms with E-state index in [0.717, 1.165) is 44.5 Å². The van der Waals surface area contributed by atoms with E-state index in [1.165, 1.54) is 0 Å². The summed E-state index contributed by atoms with van der Waals surface area (Å²) in [6.45, 7) is 0. The van der Waals surface area contributed by atoms with E-state index < -0.39 is 0 Å². The number of pyridine rings is 4. The fraction of sp³-hybridized carbons (Fsp3) is 0. The molecule has 288 valence electrons. The van der Waals surface area contributed by atoms with Gasteiger partial charge < -0.3 is 0 Å². The van der Waals surface area contributed by atoms with Crippen LogP contribution in [0, 0.1) is 22.7 Å². The van der Waals surface area contributed by atoms with Crippen molar-refractivity contribution in [3.63, 3.8) is 0 Å². The van der Waals surface area contributed by atoms with Gasteiger partial charge in [0.15, 0.2) is 34.9 Å². The molecular formula is C50H28N12. The Labute approximate surface area is 354 Å². The second kappa shape index (κ2) is 16.2. The van der Waals surface area contributed by atoms with Crippen LogP contribution in [-0.2, 0) is 0 Å². The molecule has 12 heteroatoms. The summed E-state index contributed by atoms with van der Waals surface area (Å²) in [5.74, 6) is 2.89. The van der Waals surface area contributed by atoms with Crippen molar-refractivity contribution in [2.24, 2.45) is 0 Å². The third kappa shape index (κ3) is 7.02. The summed E-state index contributed by atoms with van der Waals surface area (Å²) in [6, 6.07) is 42.8. The molecule has 0 fully saturated rings. The Morgan fingerprint density at radius 2 is 0.613 bits per heavy atom. The number of hydrogen-bond acceptors (Lipinski definition) is 12. The van der Waals surface area contributed by atoms with Crippen LogP contribution in [0.2, 0.25) is 0 Å². The Morgan fingerprint density at radius 1 is 0.290 bits per heavy atom. The predicted octanol–water partition coefficient (Wildman–Crippen LogP) is 9.87. The normalized spacial score (nSPS) is 10.9. The third-order valence-electron chi connectivity index (χ3n) is 10.3. The van der Waals surface area contributed by atoms with Crippen molar-refractivity contribution in [1.82, 2.24) is 49.8 Å². The molecule has 0 amide bonds. The zero-order chi connectivity index (χ0) is 41.8. The lowest BCUT2D eigenvalue weighted by atomic mass is 9.83. The second-order valence-corrected chi connectivity index (χ2v) is 14.0. The van der Waals surface area contributed by atoms with Crippen LogP contribution < -0.4 is 0 Å². The number of nitriles is 2. The van der Waals surface area contributed by atoms with Gasteiger partial charge in [-0.05, 0) is 59.7 Å². The zero-order valence-electron chi connectivity index (χ0n) is 32.5. The first-order valence-corrected chi connectivity index (χ1v) is 19.4. The summed E-state index contributed by atoms with van der Waals surface area (Å²) in [5, 5.41) is 23.1. The quantitative estimate of drug-likeness (QED) is 0.142. The summed E-state index contributed by atoms with van der Waals surface area (Å²) in [6.07, 6.45) is 13.6. The summed E-state index contributed by atoms with van der Waals surface area (Å²) in [7, 11) is 0. The van der Waals surface area contributed by atoms with Crippen LogP contribution in [0.3, 0.4) is 0 Å². The molecule has 0 N–H and O–H groups in total. The Bertz CT molecular complexity index is 2990. The number of hydrogen-bond donors (Lipinski definition) is 0. The highest BCUT2D eigenvalue weighted by Crippen LogP contribution is 2.43. The molecule has 10 rings (SSSR count). The molecule has 12 nitrogen and oxygen atoms in total. The maximum Gasteiger partial charge on any atom is 0.165 e. The smallest absolute Gasteiger partial charge is 0.165 e. The van der Waals surface area contributed by atoms with Gasteiger partial charge in [-0.2, -0.15) is 10.5 Å². The van der Waals surface area contributed by atoms with Crippen molar-refractivity contribution in [2.75, 3.05) is 0 Å². The lowest BCUT2D eigenvalue weighted by molar-refractivity contribution is 1.07. The molecular weight excluding hydrogens is 769 g/mol. The van der Waals surface area contributed by atoms with Crippen molar-refractivity contribution in [2.45, 2.75) is 0 Å². The maximum absolute atomic E-state index is 10.9. The molecule has 62 heavy (non-hydrogen) atoms. The Morgan fingerprint density at radius 3 is 0.935 bits per heavy atom. The first-order valence-electron chi connectivity index (χ1n) is 19.4. The highest BCUT2D eigenvalue weighted by Gasteiger charge is 2.23. The van der Waals surface area contributed by atoms with E-state index in [-0.39, 0.29) is 0 Å². The van der Waals surface area contributed by atoms with Crippen molar-refractivity contribution < 1.29 is 0 Å². The monoisotopic (exact) mass is 796 g/mol. The van der Waals surface area contributed by atoms with Gasteiger partial charge in [0.05, 0.1) is 11.1 Å². The molecule has 0 unspecified atom stereocenters. The molecule has 0 aliphatic rings. The van der Waals surface area contributed by atoms with Crippen LogP contribution in [0.5, 0.6) is 0 Å². The van der Waals surface area contributed by atoms with Crippen molar-refractivity contribution in [1.29, 1.82) is 10.5 Å². The van der Waals surface area contributed by atoms with Crippen LogP contribution in [0.4, 0.5) is 0 Å². The van der Waals surface area contributed by atoms with Gasteiger partial charge >= 0.3 is 0 Å². The van der Waals surface area contributed by atoms with Gasteiger partial charge in [0.2, 0.25) is 0 Å². The molecule has 0 aliphatic carbocycles. The molecule has 0 spiro atoms. The Hall–Kier alpha value is -9.26. The molecule has 6 aromatic heterocycles. The van der Waals surface area contributed by atoms with Gasteiger partial charge in [0, 0.05) is 105 Å². The van der Waals surface area contributed by atoms with Crippen LogP contribution >= 0.6 is 0 Å². The fourth-order valence-corrected chi connectivity index (χ4v) is 7.34. The molecule has 10 aromatic rings. The lowest BCUT2D eigenvalue weighted by Gasteiger charge is -2.18. The molecule has 0 radical (unpaired) electrons. The summed E-state index contributed by atoms with van der Waals surface area (Å²) in [4.78, 5) is 45.7. The average Bonchev–Trinajstić information content (AvgIpc) is 3.36. The van der Waals surface area contributed by atoms with Crippen LogP contribution in [-0.4, -0.2) is 49.8 Å². The maximum atomic E-state index is 10.9. The van der Waals surface area contributed by atoms with Gasteiger partial charge in [-0.1, -0.05) is 72.8 Å². The lowest BCUT2D eigenvalue weighted by Crippen LogP contribution is -2.01. The van der Waals surface area contributed by atoms with Gasteiger partial charge in [0.25, 0.3) is 0 Å². The fourth-order valence-electron chi connectivity index (χ4n) is 7.34. The van der Waals surface area contributed by atoms with Crippen LogP contribution in [0.25, 0.3) is 101 Å². The zero-order valence-corrected chi connectivity index (χ0v) is 32.5. The van der Waals surface area contributed by atoms with Gasteiger partial charge in [-0.25, -0.2) is 29.9 Å².